The summed E-state index contributed by atoms with van der Waals surface area (Å²) in [6.45, 7) is 2.00. The monoisotopic (exact) mass is 417 g/mol. The quantitative estimate of drug-likeness (QED) is 0.642. The number of rotatable bonds is 8. The normalized spacial score (nSPS) is 14.4. The molecule has 2 aromatic rings. The Bertz CT molecular complexity index is 876. The number of aromatic nitrogens is 3. The lowest BCUT2D eigenvalue weighted by molar-refractivity contribution is 0.0685. The molecule has 2 amide bonds. The molecule has 1 N–H and O–H groups in total. The highest BCUT2D eigenvalue weighted by atomic mass is 16.5. The molecular formula is C20H27N5O5. The van der Waals surface area contributed by atoms with Crippen molar-refractivity contribution in [2.75, 3.05) is 47.6 Å². The second-order valence-corrected chi connectivity index (χ2v) is 6.92. The molecule has 2 heterocycles. The summed E-state index contributed by atoms with van der Waals surface area (Å²) in [6.07, 6.45) is 3.09. The van der Waals surface area contributed by atoms with Gasteiger partial charge in [0.1, 0.15) is 11.5 Å². The second kappa shape index (κ2) is 10.1. The van der Waals surface area contributed by atoms with E-state index in [0.717, 1.165) is 12.8 Å². The van der Waals surface area contributed by atoms with Gasteiger partial charge in [-0.05, 0) is 25.0 Å². The average Bonchev–Trinajstić information content (AvgIpc) is 3.29. The first-order valence-corrected chi connectivity index (χ1v) is 9.77. The van der Waals surface area contributed by atoms with Crippen molar-refractivity contribution in [2.24, 2.45) is 0 Å². The number of amides is 2. The molecule has 3 rings (SSSR count). The van der Waals surface area contributed by atoms with Crippen LogP contribution in [0.1, 0.15) is 39.7 Å². The van der Waals surface area contributed by atoms with Gasteiger partial charge in [0, 0.05) is 32.8 Å². The second-order valence-electron chi connectivity index (χ2n) is 6.92. The lowest BCUT2D eigenvalue weighted by atomic mass is 10.0. The molecule has 1 aromatic heterocycles. The smallest absolute Gasteiger partial charge is 0.273 e. The summed E-state index contributed by atoms with van der Waals surface area (Å²) in [7, 11) is 4.68. The molecule has 162 valence electrons. The lowest BCUT2D eigenvalue weighted by Crippen LogP contribution is -2.39. The van der Waals surface area contributed by atoms with Crippen LogP contribution < -0.4 is 14.8 Å². The number of likely N-dealkylation sites (tertiary alicyclic amines) is 1. The predicted octanol–water partition coefficient (Wildman–Crippen LogP) is 1.15. The van der Waals surface area contributed by atoms with E-state index in [9.17, 15) is 9.59 Å². The number of benzene rings is 1. The van der Waals surface area contributed by atoms with Gasteiger partial charge in [-0.3, -0.25) is 9.59 Å². The molecule has 0 spiro atoms. The number of piperidine rings is 1. The molecule has 1 aromatic carbocycles. The first kappa shape index (κ1) is 21.6. The van der Waals surface area contributed by atoms with Gasteiger partial charge in [0.05, 0.1) is 38.6 Å². The minimum atomic E-state index is -0.280. The van der Waals surface area contributed by atoms with E-state index >= 15 is 0 Å². The van der Waals surface area contributed by atoms with Crippen LogP contribution in [0.25, 0.3) is 0 Å². The van der Waals surface area contributed by atoms with Crippen LogP contribution in [0.4, 0.5) is 0 Å². The fraction of sp³-hybridized carbons (Fsp3) is 0.500. The van der Waals surface area contributed by atoms with E-state index in [1.165, 1.54) is 7.11 Å². The highest BCUT2D eigenvalue weighted by Gasteiger charge is 2.27. The van der Waals surface area contributed by atoms with Gasteiger partial charge in [-0.25, -0.2) is 4.68 Å². The summed E-state index contributed by atoms with van der Waals surface area (Å²) in [5.74, 6) is 0.763. The summed E-state index contributed by atoms with van der Waals surface area (Å²) >= 11 is 0. The van der Waals surface area contributed by atoms with E-state index in [1.54, 1.807) is 48.2 Å². The molecule has 0 unspecified atom stereocenters. The molecule has 0 bridgehead atoms. The first-order chi connectivity index (χ1) is 14.6. The maximum Gasteiger partial charge on any atom is 0.273 e. The summed E-state index contributed by atoms with van der Waals surface area (Å²) in [4.78, 5) is 26.8. The zero-order valence-electron chi connectivity index (χ0n) is 17.5. The number of hydrogen-bond donors (Lipinski definition) is 1. The summed E-state index contributed by atoms with van der Waals surface area (Å²) in [5, 5.41) is 10.8. The molecular weight excluding hydrogens is 390 g/mol. The number of methoxy groups -OCH3 is 3. The van der Waals surface area contributed by atoms with Gasteiger partial charge in [-0.1, -0.05) is 5.21 Å². The molecule has 1 aliphatic rings. The van der Waals surface area contributed by atoms with Crippen molar-refractivity contribution in [2.45, 2.75) is 18.9 Å². The van der Waals surface area contributed by atoms with Crippen LogP contribution >= 0.6 is 0 Å². The maximum atomic E-state index is 12.9. The number of nitrogens with one attached hydrogen (secondary N) is 1. The molecule has 30 heavy (non-hydrogen) atoms. The number of ether oxygens (including phenoxy) is 3. The van der Waals surface area contributed by atoms with E-state index in [0.29, 0.717) is 43.3 Å². The van der Waals surface area contributed by atoms with Crippen LogP contribution in [0.5, 0.6) is 11.5 Å². The zero-order valence-corrected chi connectivity index (χ0v) is 17.5. The molecule has 0 saturated carbocycles. The van der Waals surface area contributed by atoms with Crippen molar-refractivity contribution in [3.8, 4) is 11.5 Å². The van der Waals surface area contributed by atoms with Crippen molar-refractivity contribution in [1.82, 2.24) is 25.2 Å². The third kappa shape index (κ3) is 4.88. The Morgan fingerprint density at radius 3 is 2.60 bits per heavy atom. The minimum absolute atomic E-state index is 0.0789. The maximum absolute atomic E-state index is 12.9. The highest BCUT2D eigenvalue weighted by Crippen LogP contribution is 2.28. The zero-order chi connectivity index (χ0) is 21.5. The van der Waals surface area contributed by atoms with E-state index in [1.807, 2.05) is 0 Å². The number of carbonyl (C=O) groups excluding carboxylic acids is 2. The molecule has 1 saturated heterocycles. The van der Waals surface area contributed by atoms with Gasteiger partial charge in [0.25, 0.3) is 11.8 Å². The Labute approximate surface area is 175 Å². The van der Waals surface area contributed by atoms with Crippen molar-refractivity contribution in [3.05, 3.63) is 35.7 Å². The summed E-state index contributed by atoms with van der Waals surface area (Å²) in [5.41, 5.74) is 0.778. The summed E-state index contributed by atoms with van der Waals surface area (Å²) < 4.78 is 17.2. The molecule has 0 atom stereocenters. The van der Waals surface area contributed by atoms with Crippen LogP contribution in [0.2, 0.25) is 0 Å². The largest absolute Gasteiger partial charge is 0.497 e. The standard InChI is InChI=1S/C20H27N5O5/c1-28-11-8-21-19(26)17-13-25(23-22-17)14-6-9-24(10-7-14)20(27)16-5-4-15(29-2)12-18(16)30-3/h4-5,12-14H,6-11H2,1-3H3,(H,21,26). The number of carbonyl (C=O) groups is 2. The van der Waals surface area contributed by atoms with Crippen molar-refractivity contribution >= 4 is 11.8 Å². The van der Waals surface area contributed by atoms with Crippen LogP contribution in [-0.4, -0.2) is 79.3 Å². The van der Waals surface area contributed by atoms with Gasteiger partial charge in [0.15, 0.2) is 5.69 Å². The van der Waals surface area contributed by atoms with Crippen molar-refractivity contribution in [1.29, 1.82) is 0 Å². The Balaban J connectivity index is 1.59. The van der Waals surface area contributed by atoms with E-state index in [4.69, 9.17) is 14.2 Å². The molecule has 1 fully saturated rings. The number of hydrogen-bond acceptors (Lipinski definition) is 7. The summed E-state index contributed by atoms with van der Waals surface area (Å²) in [6, 6.07) is 5.25. The van der Waals surface area contributed by atoms with Gasteiger partial charge in [0.2, 0.25) is 0 Å². The third-order valence-electron chi connectivity index (χ3n) is 5.10. The fourth-order valence-electron chi connectivity index (χ4n) is 3.40. The SMILES string of the molecule is COCCNC(=O)c1cn(C2CCN(C(=O)c3ccc(OC)cc3OC)CC2)nn1. The fourth-order valence-corrected chi connectivity index (χ4v) is 3.40. The van der Waals surface area contributed by atoms with Crippen LogP contribution in [-0.2, 0) is 4.74 Å². The predicted molar refractivity (Wildman–Crippen MR) is 108 cm³/mol. The van der Waals surface area contributed by atoms with Gasteiger partial charge in [-0.2, -0.15) is 0 Å². The Morgan fingerprint density at radius 1 is 1.17 bits per heavy atom. The van der Waals surface area contributed by atoms with Crippen molar-refractivity contribution in [3.63, 3.8) is 0 Å². The molecule has 0 aliphatic carbocycles. The molecule has 10 nitrogen and oxygen atoms in total. The average molecular weight is 417 g/mol. The van der Waals surface area contributed by atoms with Gasteiger partial charge in [-0.15, -0.1) is 5.10 Å². The molecule has 10 heteroatoms. The number of nitrogens with zero attached hydrogens (tertiary/aromatic N) is 4. The van der Waals surface area contributed by atoms with Crippen LogP contribution in [0.3, 0.4) is 0 Å². The first-order valence-electron chi connectivity index (χ1n) is 9.77. The van der Waals surface area contributed by atoms with E-state index in [-0.39, 0.29) is 23.6 Å². The van der Waals surface area contributed by atoms with E-state index in [2.05, 4.69) is 15.6 Å². The highest BCUT2D eigenvalue weighted by molar-refractivity contribution is 5.97. The van der Waals surface area contributed by atoms with Crippen LogP contribution in [0, 0.1) is 0 Å². The molecule has 1 aliphatic heterocycles. The Morgan fingerprint density at radius 2 is 1.93 bits per heavy atom. The van der Waals surface area contributed by atoms with Crippen molar-refractivity contribution < 1.29 is 23.8 Å². The Kier molecular flexibility index (Phi) is 7.23. The minimum Gasteiger partial charge on any atom is -0.497 e. The van der Waals surface area contributed by atoms with Gasteiger partial charge < -0.3 is 24.4 Å². The third-order valence-corrected chi connectivity index (χ3v) is 5.10. The lowest BCUT2D eigenvalue weighted by Gasteiger charge is -2.32. The van der Waals surface area contributed by atoms with E-state index < -0.39 is 0 Å². The van der Waals surface area contributed by atoms with Crippen LogP contribution in [0.15, 0.2) is 24.4 Å². The Hall–Kier alpha value is -3.14. The topological polar surface area (TPSA) is 108 Å². The molecule has 0 radical (unpaired) electrons. The van der Waals surface area contributed by atoms with Gasteiger partial charge >= 0.3 is 0 Å².